The number of rotatable bonds is 5. The summed E-state index contributed by atoms with van der Waals surface area (Å²) in [6, 6.07) is 1.92. The zero-order chi connectivity index (χ0) is 16.8. The first-order valence-corrected chi connectivity index (χ1v) is 7.86. The second-order valence-electron chi connectivity index (χ2n) is 5.87. The molecule has 0 saturated heterocycles. The van der Waals surface area contributed by atoms with Crippen LogP contribution < -0.4 is 10.6 Å². The lowest BCUT2D eigenvalue weighted by Crippen LogP contribution is -2.50. The van der Waals surface area contributed by atoms with Crippen LogP contribution in [0, 0.1) is 5.92 Å². The number of furan rings is 1. The van der Waals surface area contributed by atoms with Crippen molar-refractivity contribution in [2.45, 2.75) is 51.1 Å². The van der Waals surface area contributed by atoms with Gasteiger partial charge in [0.15, 0.2) is 5.76 Å². The van der Waals surface area contributed by atoms with Gasteiger partial charge in [0.25, 0.3) is 5.91 Å². The minimum atomic E-state index is -0.885. The average Bonchev–Trinajstić information content (AvgIpc) is 2.94. The minimum absolute atomic E-state index is 0.127. The highest BCUT2D eigenvalue weighted by Crippen LogP contribution is 2.23. The molecule has 1 saturated carbocycles. The fraction of sp³-hybridized carbons (Fsp3) is 0.562. The maximum Gasteiger partial charge on any atom is 0.308 e. The number of amides is 2. The number of carboxylic acids is 1. The summed E-state index contributed by atoms with van der Waals surface area (Å²) in [6.07, 6.45) is 5.30. The zero-order valence-electron chi connectivity index (χ0n) is 13.1. The SMILES string of the molecule is CC(NC(=O)c1ccco1)C(=O)N[C@H]1CCCCC[C@H]1C(=O)O. The van der Waals surface area contributed by atoms with Crippen LogP contribution in [0.5, 0.6) is 0 Å². The van der Waals surface area contributed by atoms with E-state index in [-0.39, 0.29) is 11.7 Å². The molecule has 0 spiro atoms. The van der Waals surface area contributed by atoms with Crippen molar-refractivity contribution in [2.75, 3.05) is 0 Å². The van der Waals surface area contributed by atoms with Gasteiger partial charge in [-0.25, -0.2) is 0 Å². The molecule has 1 aromatic rings. The predicted octanol–water partition coefficient (Wildman–Crippen LogP) is 1.55. The fourth-order valence-electron chi connectivity index (χ4n) is 2.82. The van der Waals surface area contributed by atoms with Gasteiger partial charge in [-0.2, -0.15) is 0 Å². The van der Waals surface area contributed by atoms with Crippen LogP contribution in [0.3, 0.4) is 0 Å². The van der Waals surface area contributed by atoms with Crippen LogP contribution in [0.15, 0.2) is 22.8 Å². The van der Waals surface area contributed by atoms with E-state index >= 15 is 0 Å². The van der Waals surface area contributed by atoms with E-state index in [0.717, 1.165) is 19.3 Å². The van der Waals surface area contributed by atoms with E-state index in [2.05, 4.69) is 10.6 Å². The van der Waals surface area contributed by atoms with Gasteiger partial charge in [0.05, 0.1) is 12.2 Å². The van der Waals surface area contributed by atoms with Crippen LogP contribution in [0.4, 0.5) is 0 Å². The molecule has 1 aliphatic rings. The van der Waals surface area contributed by atoms with Crippen LogP contribution in [0.25, 0.3) is 0 Å². The van der Waals surface area contributed by atoms with Crippen LogP contribution in [-0.2, 0) is 9.59 Å². The van der Waals surface area contributed by atoms with Gasteiger partial charge in [-0.1, -0.05) is 19.3 Å². The van der Waals surface area contributed by atoms with Crippen molar-refractivity contribution < 1.29 is 23.9 Å². The molecule has 1 unspecified atom stereocenters. The van der Waals surface area contributed by atoms with E-state index < -0.39 is 29.9 Å². The second kappa shape index (κ2) is 7.80. The highest BCUT2D eigenvalue weighted by atomic mass is 16.4. The van der Waals surface area contributed by atoms with E-state index in [4.69, 9.17) is 4.42 Å². The molecule has 0 radical (unpaired) electrons. The summed E-state index contributed by atoms with van der Waals surface area (Å²) < 4.78 is 4.97. The van der Waals surface area contributed by atoms with Gasteiger partial charge in [-0.05, 0) is 31.9 Å². The summed E-state index contributed by atoms with van der Waals surface area (Å²) in [5, 5.41) is 14.6. The molecule has 1 aliphatic carbocycles. The van der Waals surface area contributed by atoms with Gasteiger partial charge in [0, 0.05) is 6.04 Å². The smallest absolute Gasteiger partial charge is 0.308 e. The molecule has 1 heterocycles. The van der Waals surface area contributed by atoms with Crippen molar-refractivity contribution in [3.63, 3.8) is 0 Å². The Kier molecular flexibility index (Phi) is 5.78. The highest BCUT2D eigenvalue weighted by molar-refractivity contribution is 5.95. The van der Waals surface area contributed by atoms with Crippen LogP contribution in [0.1, 0.15) is 49.6 Å². The molecule has 23 heavy (non-hydrogen) atoms. The quantitative estimate of drug-likeness (QED) is 0.713. The van der Waals surface area contributed by atoms with Crippen molar-refractivity contribution in [2.24, 2.45) is 5.92 Å². The molecule has 2 rings (SSSR count). The summed E-state index contributed by atoms with van der Waals surface area (Å²) in [5.41, 5.74) is 0. The average molecular weight is 322 g/mol. The first-order valence-electron chi connectivity index (χ1n) is 7.86. The van der Waals surface area contributed by atoms with E-state index in [1.165, 1.54) is 12.3 Å². The van der Waals surface area contributed by atoms with Crippen molar-refractivity contribution in [1.82, 2.24) is 10.6 Å². The van der Waals surface area contributed by atoms with Crippen molar-refractivity contribution >= 4 is 17.8 Å². The van der Waals surface area contributed by atoms with Crippen LogP contribution in [-0.4, -0.2) is 35.0 Å². The van der Waals surface area contributed by atoms with Crippen LogP contribution >= 0.6 is 0 Å². The number of hydrogen-bond donors (Lipinski definition) is 3. The molecule has 0 aliphatic heterocycles. The second-order valence-corrected chi connectivity index (χ2v) is 5.87. The Hall–Kier alpha value is -2.31. The Morgan fingerprint density at radius 2 is 2.00 bits per heavy atom. The number of aliphatic carboxylic acids is 1. The van der Waals surface area contributed by atoms with Crippen molar-refractivity contribution in [3.8, 4) is 0 Å². The largest absolute Gasteiger partial charge is 0.481 e. The number of nitrogens with one attached hydrogen (secondary N) is 2. The first kappa shape index (κ1) is 17.1. The molecular weight excluding hydrogens is 300 g/mol. The third-order valence-electron chi connectivity index (χ3n) is 4.15. The summed E-state index contributed by atoms with van der Waals surface area (Å²) in [5.74, 6) is -2.20. The molecule has 1 fully saturated rings. The normalized spacial score (nSPS) is 22.7. The summed E-state index contributed by atoms with van der Waals surface area (Å²) in [7, 11) is 0. The molecule has 7 heteroatoms. The Bertz CT molecular complexity index is 555. The van der Waals surface area contributed by atoms with Gasteiger partial charge in [0.1, 0.15) is 6.04 Å². The summed E-state index contributed by atoms with van der Waals surface area (Å²) in [4.78, 5) is 35.5. The molecule has 3 N–H and O–H groups in total. The number of carboxylic acid groups (broad SMARTS) is 1. The van der Waals surface area contributed by atoms with Crippen LogP contribution in [0.2, 0.25) is 0 Å². The predicted molar refractivity (Wildman–Crippen MR) is 81.8 cm³/mol. The maximum atomic E-state index is 12.2. The minimum Gasteiger partial charge on any atom is -0.481 e. The first-order chi connectivity index (χ1) is 11.0. The van der Waals surface area contributed by atoms with Gasteiger partial charge >= 0.3 is 5.97 Å². The van der Waals surface area contributed by atoms with Gasteiger partial charge < -0.3 is 20.2 Å². The highest BCUT2D eigenvalue weighted by Gasteiger charge is 2.31. The molecule has 3 atom stereocenters. The third kappa shape index (κ3) is 4.58. The standard InChI is InChI=1S/C16H22N2O5/c1-10(17-15(20)13-8-5-9-23-13)14(19)18-12-7-4-2-3-6-11(12)16(21)22/h5,8-12H,2-4,6-7H2,1H3,(H,17,20)(H,18,19)(H,21,22)/t10?,11-,12+/m1/s1. The lowest BCUT2D eigenvalue weighted by molar-refractivity contribution is -0.143. The number of hydrogen-bond acceptors (Lipinski definition) is 4. The van der Waals surface area contributed by atoms with E-state index in [9.17, 15) is 19.5 Å². The topological polar surface area (TPSA) is 109 Å². The molecule has 7 nitrogen and oxygen atoms in total. The monoisotopic (exact) mass is 322 g/mol. The van der Waals surface area contributed by atoms with Gasteiger partial charge in [0.2, 0.25) is 5.91 Å². The Balaban J connectivity index is 1.93. The molecule has 2 amide bonds. The van der Waals surface area contributed by atoms with Gasteiger partial charge in [-0.3, -0.25) is 14.4 Å². The Labute approximate surface area is 134 Å². The van der Waals surface area contributed by atoms with E-state index in [1.807, 2.05) is 0 Å². The molecule has 126 valence electrons. The van der Waals surface area contributed by atoms with Gasteiger partial charge in [-0.15, -0.1) is 0 Å². The summed E-state index contributed by atoms with van der Waals surface area (Å²) >= 11 is 0. The number of carbonyl (C=O) groups is 3. The maximum absolute atomic E-state index is 12.2. The molecule has 0 bridgehead atoms. The Morgan fingerprint density at radius 3 is 2.65 bits per heavy atom. The lowest BCUT2D eigenvalue weighted by atomic mass is 9.94. The third-order valence-corrected chi connectivity index (χ3v) is 4.15. The molecule has 1 aromatic heterocycles. The number of carbonyl (C=O) groups excluding carboxylic acids is 2. The van der Waals surface area contributed by atoms with Crippen molar-refractivity contribution in [1.29, 1.82) is 0 Å². The lowest BCUT2D eigenvalue weighted by Gasteiger charge is -2.24. The van der Waals surface area contributed by atoms with E-state index in [0.29, 0.717) is 12.8 Å². The van der Waals surface area contributed by atoms with E-state index in [1.54, 1.807) is 13.0 Å². The van der Waals surface area contributed by atoms with Crippen molar-refractivity contribution in [3.05, 3.63) is 24.2 Å². The Morgan fingerprint density at radius 1 is 1.26 bits per heavy atom. The molecule has 0 aromatic carbocycles. The zero-order valence-corrected chi connectivity index (χ0v) is 13.1. The summed E-state index contributed by atoms with van der Waals surface area (Å²) in [6.45, 7) is 1.56. The fourth-order valence-corrected chi connectivity index (χ4v) is 2.82. The molecular formula is C16H22N2O5.